The highest BCUT2D eigenvalue weighted by Crippen LogP contribution is 2.22. The van der Waals surface area contributed by atoms with Gasteiger partial charge in [0.25, 0.3) is 0 Å². The fourth-order valence-electron chi connectivity index (χ4n) is 7.55. The average Bonchev–Trinajstić information content (AvgIpc) is 0.914. The summed E-state index contributed by atoms with van der Waals surface area (Å²) in [5, 5.41) is 54.6. The number of ether oxygens (including phenoxy) is 1. The fourth-order valence-corrected chi connectivity index (χ4v) is 7.55. The number of nitrogens with two attached hydrogens (primary N) is 1. The van der Waals surface area contributed by atoms with Crippen LogP contribution in [0, 0.1) is 69.5 Å². The standard InChI is InChI=1S/C28H37N7O3.C23H29N7O.C19H22N6.2ClH.H2O/c1-7-16-30-24-22(19-32-26(34-24)33-23-14-12-21(18-29)13-15-23)11-9-8-10-17-31-25(36)20(2)35(6)27(37)38-28(3,4)5;1-4-13-26-21-19(8-6-5-7-14-27-22(31)17(2)25-3)16-28-23(30-21)29-20-11-9-18(15-24)10-12-20;1-2-12-22-18-16(6-4-3-5-11-20)14-23-19(25-18)24-17-9-7-15(13-21)8-10-17;;;/h12-15,19-20H,7-8,10,16-17H2,1-6H3,(H,31,36)(H2,30,32,33,34);9-12,16-17,25H,4-5,7,13-14H2,1-3H3,(H,27,31)(H2,26,28,29,30);7-10,14H,2-3,5,11-12,20H2,1H3,(H2,22,23,24,25);2*1H;1H2/t20-;17-;;;;/m00..../s1. The molecular weight excluding hydrogens is 1270 g/mol. The number of rotatable bonds is 27. The molecule has 3 aromatic carbocycles. The van der Waals surface area contributed by atoms with Crippen LogP contribution in [-0.4, -0.2) is 129 Å². The van der Waals surface area contributed by atoms with Gasteiger partial charge < -0.3 is 63.8 Å². The number of halogens is 2. The van der Waals surface area contributed by atoms with E-state index in [1.807, 2.05) is 31.2 Å². The minimum absolute atomic E-state index is 0. The normalized spacial score (nSPS) is 10.4. The Labute approximate surface area is 583 Å². The van der Waals surface area contributed by atoms with Crippen molar-refractivity contribution in [1.29, 1.82) is 15.8 Å². The van der Waals surface area contributed by atoms with Crippen LogP contribution in [0.5, 0.6) is 0 Å². The van der Waals surface area contributed by atoms with Crippen molar-refractivity contribution in [2.24, 2.45) is 5.73 Å². The van der Waals surface area contributed by atoms with Crippen LogP contribution in [-0.2, 0) is 14.3 Å². The van der Waals surface area contributed by atoms with Crippen molar-refractivity contribution in [2.75, 3.05) is 85.3 Å². The van der Waals surface area contributed by atoms with E-state index in [1.165, 1.54) is 4.90 Å². The van der Waals surface area contributed by atoms with Gasteiger partial charge in [-0.15, -0.1) is 24.8 Å². The van der Waals surface area contributed by atoms with Crippen LogP contribution < -0.4 is 53.6 Å². The summed E-state index contributed by atoms with van der Waals surface area (Å²) >= 11 is 0. The number of hydrogen-bond acceptors (Lipinski definition) is 21. The maximum absolute atomic E-state index is 12.4. The van der Waals surface area contributed by atoms with Gasteiger partial charge in [-0.2, -0.15) is 30.7 Å². The minimum atomic E-state index is -0.656. The summed E-state index contributed by atoms with van der Waals surface area (Å²) in [4.78, 5) is 64.2. The number of nitrogens with one attached hydrogen (secondary N) is 9. The Hall–Kier alpha value is -10.5. The van der Waals surface area contributed by atoms with Crippen molar-refractivity contribution >= 4 is 95.1 Å². The van der Waals surface area contributed by atoms with E-state index < -0.39 is 17.7 Å². The molecule has 13 N–H and O–H groups in total. The number of aromatic nitrogens is 6. The van der Waals surface area contributed by atoms with Crippen LogP contribution in [0.2, 0.25) is 0 Å². The van der Waals surface area contributed by atoms with E-state index in [0.29, 0.717) is 96.4 Å². The van der Waals surface area contributed by atoms with E-state index in [9.17, 15) is 14.4 Å². The topological polar surface area (TPSA) is 378 Å². The third-order valence-corrected chi connectivity index (χ3v) is 13.0. The Morgan fingerprint density at radius 1 is 0.546 bits per heavy atom. The van der Waals surface area contributed by atoms with E-state index in [4.69, 9.17) is 26.3 Å². The second kappa shape index (κ2) is 47.4. The molecule has 0 radical (unpaired) electrons. The lowest BCUT2D eigenvalue weighted by Gasteiger charge is -2.28. The second-order valence-electron chi connectivity index (χ2n) is 22.0. The zero-order valence-electron chi connectivity index (χ0n) is 56.9. The lowest BCUT2D eigenvalue weighted by Crippen LogP contribution is -2.47. The highest BCUT2D eigenvalue weighted by molar-refractivity contribution is 5.86. The number of hydrogen-bond donors (Lipinski definition) is 10. The molecular formula is C70H92Cl2N20O5. The summed E-state index contributed by atoms with van der Waals surface area (Å²) in [7, 11) is 3.30. The Balaban J connectivity index is 0.000000731. The molecule has 0 aliphatic rings. The number of unbranched alkanes of at least 4 members (excludes halogenated alkanes) is 3. The SMILES string of the molecule is CCCNc1nc(Nc2ccc(C#N)cc2)ncc1C#CCCCN.CCCNc1nc(Nc2ccc(C#N)cc2)ncc1C#CCCCNC(=O)[C@H](C)N(C)C(=O)OC(C)(C)C.CCCNc1nc(Nc2ccc(C#N)cc2)ncc1C#CCCCNC(=O)[C@H](C)NC.Cl.Cl.O. The molecule has 27 heteroatoms. The quantitative estimate of drug-likeness (QED) is 0.0169. The summed E-state index contributed by atoms with van der Waals surface area (Å²) in [6, 6.07) is 26.7. The molecule has 0 aliphatic heterocycles. The van der Waals surface area contributed by atoms with Gasteiger partial charge >= 0.3 is 6.09 Å². The number of carbonyl (C=O) groups is 3. The van der Waals surface area contributed by atoms with E-state index in [2.05, 4.69) is 152 Å². The zero-order valence-corrected chi connectivity index (χ0v) is 58.6. The van der Waals surface area contributed by atoms with Gasteiger partial charge in [0.1, 0.15) is 29.1 Å². The number of nitrogens with zero attached hydrogens (tertiary/aromatic N) is 10. The van der Waals surface area contributed by atoms with E-state index in [-0.39, 0.29) is 48.1 Å². The van der Waals surface area contributed by atoms with Gasteiger partial charge in [-0.1, -0.05) is 56.3 Å². The molecule has 516 valence electrons. The summed E-state index contributed by atoms with van der Waals surface area (Å²) in [6.45, 7) is 19.0. The van der Waals surface area contributed by atoms with Crippen molar-refractivity contribution in [1.82, 2.24) is 50.8 Å². The van der Waals surface area contributed by atoms with Crippen molar-refractivity contribution in [2.45, 2.75) is 131 Å². The summed E-state index contributed by atoms with van der Waals surface area (Å²) < 4.78 is 5.31. The third-order valence-electron chi connectivity index (χ3n) is 13.0. The number of amides is 3. The van der Waals surface area contributed by atoms with Gasteiger partial charge in [0.2, 0.25) is 29.7 Å². The van der Waals surface area contributed by atoms with Crippen molar-refractivity contribution in [3.63, 3.8) is 0 Å². The molecule has 6 rings (SSSR count). The van der Waals surface area contributed by atoms with Crippen LogP contribution in [0.15, 0.2) is 91.4 Å². The Bertz CT molecular complexity index is 3710. The maximum Gasteiger partial charge on any atom is 0.410 e. The molecule has 3 heterocycles. The van der Waals surface area contributed by atoms with Crippen LogP contribution in [0.3, 0.4) is 0 Å². The van der Waals surface area contributed by atoms with Crippen molar-refractivity contribution in [3.05, 3.63) is 125 Å². The molecule has 3 aromatic heterocycles. The zero-order chi connectivity index (χ0) is 68.5. The highest BCUT2D eigenvalue weighted by atomic mass is 35.5. The van der Waals surface area contributed by atoms with Gasteiger partial charge in [0.15, 0.2) is 0 Å². The number of anilines is 9. The molecule has 25 nitrogen and oxygen atoms in total. The van der Waals surface area contributed by atoms with Gasteiger partial charge in [-0.05, 0) is 160 Å². The van der Waals surface area contributed by atoms with E-state index in [0.717, 1.165) is 86.3 Å². The molecule has 0 unspecified atom stereocenters. The van der Waals surface area contributed by atoms with Gasteiger partial charge in [-0.3, -0.25) is 14.5 Å². The second-order valence-corrected chi connectivity index (χ2v) is 22.0. The molecule has 0 aliphatic carbocycles. The first kappa shape index (κ1) is 84.5. The van der Waals surface area contributed by atoms with E-state index >= 15 is 0 Å². The molecule has 0 saturated carbocycles. The smallest absolute Gasteiger partial charge is 0.410 e. The predicted octanol–water partition coefficient (Wildman–Crippen LogP) is 10.2. The minimum Gasteiger partial charge on any atom is -0.444 e. The molecule has 97 heavy (non-hydrogen) atoms. The third kappa shape index (κ3) is 32.5. The first-order chi connectivity index (χ1) is 45.4. The van der Waals surface area contributed by atoms with E-state index in [1.54, 1.807) is 109 Å². The molecule has 0 bridgehead atoms. The van der Waals surface area contributed by atoms with Crippen LogP contribution in [0.4, 0.5) is 57.2 Å². The fraction of sp³-hybridized carbons (Fsp3) is 0.400. The lowest BCUT2D eigenvalue weighted by molar-refractivity contribution is -0.125. The highest BCUT2D eigenvalue weighted by Gasteiger charge is 2.27. The van der Waals surface area contributed by atoms with Gasteiger partial charge in [0.05, 0.1) is 76.2 Å². The Kier molecular flexibility index (Phi) is 41.3. The first-order valence-electron chi connectivity index (χ1n) is 31.4. The lowest BCUT2D eigenvalue weighted by atomic mass is 10.2. The van der Waals surface area contributed by atoms with Crippen LogP contribution >= 0.6 is 24.8 Å². The first-order valence-corrected chi connectivity index (χ1v) is 31.4. The molecule has 0 fully saturated rings. The Morgan fingerprint density at radius 3 is 1.18 bits per heavy atom. The van der Waals surface area contributed by atoms with Crippen molar-refractivity contribution in [3.8, 4) is 53.7 Å². The van der Waals surface area contributed by atoms with Gasteiger partial charge in [0, 0.05) is 76.1 Å². The average molecular weight is 1360 g/mol. The monoisotopic (exact) mass is 1360 g/mol. The Morgan fingerprint density at radius 2 is 0.876 bits per heavy atom. The van der Waals surface area contributed by atoms with Crippen LogP contribution in [0.1, 0.15) is 147 Å². The summed E-state index contributed by atoms with van der Waals surface area (Å²) in [5.74, 6) is 21.8. The molecule has 3 amide bonds. The number of likely N-dealkylation sites (N-methyl/N-ethyl adjacent to an activating group) is 2. The van der Waals surface area contributed by atoms with Crippen molar-refractivity contribution < 1.29 is 24.6 Å². The molecule has 0 spiro atoms. The number of nitriles is 3. The summed E-state index contributed by atoms with van der Waals surface area (Å²) in [5.41, 5.74) is 11.2. The van der Waals surface area contributed by atoms with Crippen LogP contribution in [0.25, 0.3) is 0 Å². The largest absolute Gasteiger partial charge is 0.444 e. The molecule has 0 saturated heterocycles. The summed E-state index contributed by atoms with van der Waals surface area (Å²) in [6.07, 6.45) is 11.7. The maximum atomic E-state index is 12.4. The molecule has 2 atom stereocenters. The predicted molar refractivity (Wildman–Crippen MR) is 389 cm³/mol. The number of benzene rings is 3. The number of carbonyl (C=O) groups excluding carboxylic acids is 3. The molecule has 6 aromatic rings. The van der Waals surface area contributed by atoms with Gasteiger partial charge in [-0.25, -0.2) is 19.7 Å².